The van der Waals surface area contributed by atoms with Crippen molar-refractivity contribution in [3.05, 3.63) is 75.8 Å². The molecule has 0 aliphatic rings. The number of thiol groups is 1. The monoisotopic (exact) mass is 421 g/mol. The molecule has 8 nitrogen and oxygen atoms in total. The van der Waals surface area contributed by atoms with E-state index in [0.717, 1.165) is 16.0 Å². The molecule has 0 heterocycles. The molecular formula is C21H19N5O3S. The van der Waals surface area contributed by atoms with Crippen molar-refractivity contribution in [2.75, 3.05) is 7.11 Å². The highest BCUT2D eigenvalue weighted by molar-refractivity contribution is 7.80. The van der Waals surface area contributed by atoms with E-state index in [-0.39, 0.29) is 11.4 Å². The molecular weight excluding hydrogens is 402 g/mol. The van der Waals surface area contributed by atoms with Crippen LogP contribution in [-0.4, -0.2) is 12.0 Å². The van der Waals surface area contributed by atoms with Crippen LogP contribution < -0.4 is 4.74 Å². The molecule has 0 bridgehead atoms. The summed E-state index contributed by atoms with van der Waals surface area (Å²) in [5.41, 5.74) is 3.36. The Morgan fingerprint density at radius 2 is 1.53 bits per heavy atom. The highest BCUT2D eigenvalue weighted by Crippen LogP contribution is 2.37. The van der Waals surface area contributed by atoms with Gasteiger partial charge in [0.2, 0.25) is 0 Å². The smallest absolute Gasteiger partial charge is 0.296 e. The summed E-state index contributed by atoms with van der Waals surface area (Å²) in [6, 6.07) is 15.5. The van der Waals surface area contributed by atoms with E-state index >= 15 is 0 Å². The minimum absolute atomic E-state index is 0.0963. The molecule has 30 heavy (non-hydrogen) atoms. The number of aryl methyl sites for hydroxylation is 2. The third-order valence-corrected chi connectivity index (χ3v) is 4.51. The van der Waals surface area contributed by atoms with Gasteiger partial charge in [-0.3, -0.25) is 10.1 Å². The van der Waals surface area contributed by atoms with Crippen LogP contribution in [0.2, 0.25) is 0 Å². The number of nitro groups is 1. The van der Waals surface area contributed by atoms with Crippen molar-refractivity contribution in [1.82, 2.24) is 0 Å². The molecule has 0 N–H and O–H groups in total. The van der Waals surface area contributed by atoms with Crippen molar-refractivity contribution in [3.63, 3.8) is 0 Å². The van der Waals surface area contributed by atoms with E-state index in [1.54, 1.807) is 31.2 Å². The summed E-state index contributed by atoms with van der Waals surface area (Å²) < 4.78 is 5.40. The lowest BCUT2D eigenvalue weighted by molar-refractivity contribution is -0.384. The summed E-state index contributed by atoms with van der Waals surface area (Å²) in [4.78, 5) is 11.6. The van der Waals surface area contributed by atoms with Crippen molar-refractivity contribution in [3.8, 4) is 5.75 Å². The minimum atomic E-state index is -0.474. The first-order valence-corrected chi connectivity index (χ1v) is 9.38. The predicted octanol–water partition coefficient (Wildman–Crippen LogP) is 7.34. The molecule has 0 radical (unpaired) electrons. The van der Waals surface area contributed by atoms with Crippen molar-refractivity contribution < 1.29 is 9.66 Å². The quantitative estimate of drug-likeness (QED) is 0.195. The largest absolute Gasteiger partial charge is 0.494 e. The number of hydrogen-bond acceptors (Lipinski definition) is 8. The van der Waals surface area contributed by atoms with Crippen LogP contribution in [0.15, 0.2) is 79.9 Å². The molecule has 3 aromatic carbocycles. The van der Waals surface area contributed by atoms with Gasteiger partial charge in [0.1, 0.15) is 11.4 Å². The highest BCUT2D eigenvalue weighted by atomic mass is 32.1. The number of nitrogens with zero attached hydrogens (tertiary/aromatic N) is 5. The zero-order chi connectivity index (χ0) is 21.7. The van der Waals surface area contributed by atoms with E-state index in [0.29, 0.717) is 22.8 Å². The maximum Gasteiger partial charge on any atom is 0.296 e. The Morgan fingerprint density at radius 1 is 0.867 bits per heavy atom. The fourth-order valence-corrected chi connectivity index (χ4v) is 2.76. The number of hydrogen-bond donors (Lipinski definition) is 1. The average Bonchev–Trinajstić information content (AvgIpc) is 2.73. The first kappa shape index (κ1) is 21.1. The zero-order valence-electron chi connectivity index (χ0n) is 16.6. The van der Waals surface area contributed by atoms with Crippen molar-refractivity contribution >= 4 is 41.1 Å². The third-order valence-electron chi connectivity index (χ3n) is 4.21. The summed E-state index contributed by atoms with van der Waals surface area (Å²) in [7, 11) is 1.52. The van der Waals surface area contributed by atoms with Crippen molar-refractivity contribution in [2.24, 2.45) is 20.5 Å². The molecule has 0 saturated heterocycles. The summed E-state index contributed by atoms with van der Waals surface area (Å²) in [5, 5.41) is 28.0. The van der Waals surface area contributed by atoms with Crippen LogP contribution in [0.5, 0.6) is 5.75 Å². The normalized spacial score (nSPS) is 11.3. The maximum atomic E-state index is 11.3. The maximum absolute atomic E-state index is 11.3. The van der Waals surface area contributed by atoms with Crippen LogP contribution in [0, 0.1) is 24.0 Å². The van der Waals surface area contributed by atoms with E-state index < -0.39 is 4.92 Å². The Bertz CT molecular complexity index is 1140. The Labute approximate surface area is 178 Å². The topological polar surface area (TPSA) is 102 Å². The Kier molecular flexibility index (Phi) is 6.53. The SMILES string of the molecule is COc1cc(/N=N/c2ccc(C)cc2[N+](=O)[O-])c(C)cc1/N=N/c1ccc(S)cc1. The Hall–Kier alpha value is -3.59. The van der Waals surface area contributed by atoms with Crippen LogP contribution in [-0.2, 0) is 0 Å². The molecule has 0 amide bonds. The molecule has 0 unspecified atom stereocenters. The van der Waals surface area contributed by atoms with Gasteiger partial charge in [0.15, 0.2) is 5.69 Å². The molecule has 0 spiro atoms. The van der Waals surface area contributed by atoms with Gasteiger partial charge in [-0.25, -0.2) is 0 Å². The first-order valence-electron chi connectivity index (χ1n) is 8.93. The standard InChI is InChI=1S/C21H19N5O3S/c1-13-4-9-17(20(10-13)26(27)28)23-24-18-12-21(29-3)19(11-14(18)2)25-22-15-5-7-16(30)8-6-15/h4-12,30H,1-3H3/b24-23+,25-22+. The first-order chi connectivity index (χ1) is 14.4. The molecule has 3 rings (SSSR count). The predicted molar refractivity (Wildman–Crippen MR) is 118 cm³/mol. The Morgan fingerprint density at radius 3 is 2.20 bits per heavy atom. The van der Waals surface area contributed by atoms with E-state index in [1.165, 1.54) is 13.2 Å². The summed E-state index contributed by atoms with van der Waals surface area (Å²) >= 11 is 4.25. The zero-order valence-corrected chi connectivity index (χ0v) is 17.5. The number of benzene rings is 3. The van der Waals surface area contributed by atoms with Gasteiger partial charge in [-0.05, 0) is 61.4 Å². The number of nitro benzene ring substituents is 1. The van der Waals surface area contributed by atoms with Gasteiger partial charge < -0.3 is 4.74 Å². The number of ether oxygens (including phenoxy) is 1. The van der Waals surface area contributed by atoms with Gasteiger partial charge in [-0.2, -0.15) is 5.11 Å². The fourth-order valence-electron chi connectivity index (χ4n) is 2.61. The highest BCUT2D eigenvalue weighted by Gasteiger charge is 2.14. The van der Waals surface area contributed by atoms with Crippen LogP contribution in [0.1, 0.15) is 11.1 Å². The average molecular weight is 421 g/mol. The van der Waals surface area contributed by atoms with Gasteiger partial charge in [0, 0.05) is 17.0 Å². The van der Waals surface area contributed by atoms with Crippen LogP contribution in [0.4, 0.5) is 28.4 Å². The van der Waals surface area contributed by atoms with E-state index in [9.17, 15) is 10.1 Å². The Balaban J connectivity index is 1.92. The summed E-state index contributed by atoms with van der Waals surface area (Å²) in [5.74, 6) is 0.461. The fraction of sp³-hybridized carbons (Fsp3) is 0.143. The summed E-state index contributed by atoms with van der Waals surface area (Å²) in [6.07, 6.45) is 0. The second-order valence-electron chi connectivity index (χ2n) is 6.48. The van der Waals surface area contributed by atoms with Crippen LogP contribution in [0.3, 0.4) is 0 Å². The van der Waals surface area contributed by atoms with Gasteiger partial charge in [-0.15, -0.1) is 28.0 Å². The molecule has 0 aliphatic heterocycles. The third kappa shape index (κ3) is 5.06. The molecule has 0 atom stereocenters. The second-order valence-corrected chi connectivity index (χ2v) is 6.99. The lowest BCUT2D eigenvalue weighted by Gasteiger charge is -2.07. The lowest BCUT2D eigenvalue weighted by Crippen LogP contribution is -1.89. The van der Waals surface area contributed by atoms with Crippen molar-refractivity contribution in [1.29, 1.82) is 0 Å². The molecule has 9 heteroatoms. The van der Waals surface area contributed by atoms with Crippen molar-refractivity contribution in [2.45, 2.75) is 18.7 Å². The molecule has 3 aromatic rings. The molecule has 0 saturated carbocycles. The number of methoxy groups -OCH3 is 1. The van der Waals surface area contributed by atoms with E-state index in [1.807, 2.05) is 31.2 Å². The van der Waals surface area contributed by atoms with Crippen LogP contribution in [0.25, 0.3) is 0 Å². The van der Waals surface area contributed by atoms with Gasteiger partial charge >= 0.3 is 0 Å². The number of rotatable bonds is 6. The molecule has 152 valence electrons. The number of azo groups is 2. The molecule has 0 fully saturated rings. The minimum Gasteiger partial charge on any atom is -0.494 e. The molecule has 0 aromatic heterocycles. The van der Waals surface area contributed by atoms with Gasteiger partial charge in [0.25, 0.3) is 5.69 Å². The van der Waals surface area contributed by atoms with Crippen LogP contribution >= 0.6 is 12.6 Å². The lowest BCUT2D eigenvalue weighted by atomic mass is 10.1. The summed E-state index contributed by atoms with van der Waals surface area (Å²) in [6.45, 7) is 3.62. The van der Waals surface area contributed by atoms with Gasteiger partial charge in [-0.1, -0.05) is 6.07 Å². The van der Waals surface area contributed by atoms with E-state index in [4.69, 9.17) is 4.74 Å². The van der Waals surface area contributed by atoms with E-state index in [2.05, 4.69) is 33.1 Å². The second kappa shape index (κ2) is 9.27. The van der Waals surface area contributed by atoms with Gasteiger partial charge in [0.05, 0.1) is 23.4 Å². The molecule has 0 aliphatic carbocycles.